The summed E-state index contributed by atoms with van der Waals surface area (Å²) in [6.07, 6.45) is 1.92. The van der Waals surface area contributed by atoms with Crippen molar-refractivity contribution in [1.82, 2.24) is 9.97 Å². The number of ether oxygens (including phenoxy) is 2. The van der Waals surface area contributed by atoms with Gasteiger partial charge in [-0.3, -0.25) is 4.79 Å². The number of H-pyrrole nitrogens is 1. The molecule has 0 aliphatic carbocycles. The van der Waals surface area contributed by atoms with Gasteiger partial charge in [-0.05, 0) is 35.7 Å². The Bertz CT molecular complexity index is 855. The van der Waals surface area contributed by atoms with Crippen molar-refractivity contribution >= 4 is 17.0 Å². The van der Waals surface area contributed by atoms with Gasteiger partial charge in [0.25, 0.3) is 0 Å². The SMILES string of the molecule is COc1ccc(CC(C(=O)O)c2ccc(OC)c3nc[nH]c23)cc1. The fourth-order valence-corrected chi connectivity index (χ4v) is 2.81. The first-order chi connectivity index (χ1) is 11.6. The summed E-state index contributed by atoms with van der Waals surface area (Å²) in [5, 5.41) is 9.72. The van der Waals surface area contributed by atoms with E-state index < -0.39 is 11.9 Å². The maximum absolute atomic E-state index is 11.9. The summed E-state index contributed by atoms with van der Waals surface area (Å²) in [6.45, 7) is 0. The van der Waals surface area contributed by atoms with Crippen LogP contribution in [0.4, 0.5) is 0 Å². The van der Waals surface area contributed by atoms with E-state index in [1.807, 2.05) is 24.3 Å². The van der Waals surface area contributed by atoms with Gasteiger partial charge >= 0.3 is 5.97 Å². The molecule has 0 bridgehead atoms. The van der Waals surface area contributed by atoms with Crippen molar-refractivity contribution < 1.29 is 19.4 Å². The van der Waals surface area contributed by atoms with Gasteiger partial charge in [0.15, 0.2) is 0 Å². The number of fused-ring (bicyclic) bond motifs is 1. The Morgan fingerprint density at radius 2 is 1.92 bits per heavy atom. The summed E-state index contributed by atoms with van der Waals surface area (Å²) in [4.78, 5) is 19.1. The number of benzene rings is 2. The predicted octanol–water partition coefficient (Wildman–Crippen LogP) is 2.99. The zero-order chi connectivity index (χ0) is 17.1. The molecule has 124 valence electrons. The first-order valence-electron chi connectivity index (χ1n) is 7.49. The van der Waals surface area contributed by atoms with Crippen LogP contribution in [0.1, 0.15) is 17.0 Å². The zero-order valence-corrected chi connectivity index (χ0v) is 13.4. The summed E-state index contributed by atoms with van der Waals surface area (Å²) in [5.74, 6) is -0.214. The van der Waals surface area contributed by atoms with Crippen LogP contribution in [0.5, 0.6) is 11.5 Å². The lowest BCUT2D eigenvalue weighted by atomic mass is 9.91. The molecule has 0 radical (unpaired) electrons. The average Bonchev–Trinajstić information content (AvgIpc) is 3.09. The number of aromatic nitrogens is 2. The molecule has 0 aliphatic heterocycles. The molecule has 24 heavy (non-hydrogen) atoms. The number of methoxy groups -OCH3 is 2. The average molecular weight is 326 g/mol. The lowest BCUT2D eigenvalue weighted by Crippen LogP contribution is -2.15. The van der Waals surface area contributed by atoms with E-state index in [0.717, 1.165) is 11.3 Å². The molecule has 3 rings (SSSR count). The van der Waals surface area contributed by atoms with Gasteiger partial charge in [0.2, 0.25) is 0 Å². The van der Waals surface area contributed by atoms with E-state index in [1.54, 1.807) is 32.7 Å². The van der Waals surface area contributed by atoms with Crippen LogP contribution in [-0.2, 0) is 11.2 Å². The Morgan fingerprint density at radius 1 is 1.17 bits per heavy atom. The Hall–Kier alpha value is -3.02. The van der Waals surface area contributed by atoms with Gasteiger partial charge in [-0.2, -0.15) is 0 Å². The Labute approximate surface area is 139 Å². The molecule has 2 N–H and O–H groups in total. The number of carboxylic acids is 1. The van der Waals surface area contributed by atoms with Crippen LogP contribution in [-0.4, -0.2) is 35.3 Å². The molecule has 6 heteroatoms. The Kier molecular flexibility index (Phi) is 4.37. The number of nitrogens with one attached hydrogen (secondary N) is 1. The number of aromatic amines is 1. The predicted molar refractivity (Wildman–Crippen MR) is 89.7 cm³/mol. The van der Waals surface area contributed by atoms with Gasteiger partial charge in [0.1, 0.15) is 17.0 Å². The molecular weight excluding hydrogens is 308 g/mol. The van der Waals surface area contributed by atoms with Crippen molar-refractivity contribution in [1.29, 1.82) is 0 Å². The van der Waals surface area contributed by atoms with Gasteiger partial charge < -0.3 is 19.6 Å². The quantitative estimate of drug-likeness (QED) is 0.727. The van der Waals surface area contributed by atoms with Crippen LogP contribution in [0, 0.1) is 0 Å². The molecule has 0 aliphatic rings. The van der Waals surface area contributed by atoms with Crippen LogP contribution in [0.3, 0.4) is 0 Å². The third-order valence-electron chi connectivity index (χ3n) is 4.07. The number of rotatable bonds is 6. The minimum atomic E-state index is -0.883. The summed E-state index contributed by atoms with van der Waals surface area (Å²) >= 11 is 0. The largest absolute Gasteiger partial charge is 0.497 e. The van der Waals surface area contributed by atoms with Gasteiger partial charge in [-0.25, -0.2) is 4.98 Å². The second-order valence-corrected chi connectivity index (χ2v) is 5.43. The monoisotopic (exact) mass is 326 g/mol. The van der Waals surface area contributed by atoms with Crippen molar-refractivity contribution in [2.75, 3.05) is 14.2 Å². The molecule has 3 aromatic rings. The van der Waals surface area contributed by atoms with Gasteiger partial charge in [-0.15, -0.1) is 0 Å². The van der Waals surface area contributed by atoms with Gasteiger partial charge in [0, 0.05) is 0 Å². The van der Waals surface area contributed by atoms with E-state index in [-0.39, 0.29) is 0 Å². The van der Waals surface area contributed by atoms with Crippen LogP contribution in [0.15, 0.2) is 42.7 Å². The number of hydrogen-bond acceptors (Lipinski definition) is 4. The molecule has 0 spiro atoms. The summed E-state index contributed by atoms with van der Waals surface area (Å²) in [5.41, 5.74) is 2.93. The molecule has 6 nitrogen and oxygen atoms in total. The van der Waals surface area contributed by atoms with Crippen molar-refractivity contribution in [3.63, 3.8) is 0 Å². The van der Waals surface area contributed by atoms with Crippen molar-refractivity contribution in [2.24, 2.45) is 0 Å². The zero-order valence-electron chi connectivity index (χ0n) is 13.4. The molecule has 1 unspecified atom stereocenters. The summed E-state index contributed by atoms with van der Waals surface area (Å²) < 4.78 is 10.4. The Morgan fingerprint density at radius 3 is 2.54 bits per heavy atom. The number of imidazole rings is 1. The van der Waals surface area contributed by atoms with Gasteiger partial charge in [0.05, 0.1) is 32.0 Å². The third-order valence-corrected chi connectivity index (χ3v) is 4.07. The number of carboxylic acid groups (broad SMARTS) is 1. The first-order valence-corrected chi connectivity index (χ1v) is 7.49. The minimum absolute atomic E-state index is 0.375. The van der Waals surface area contributed by atoms with E-state index in [2.05, 4.69) is 9.97 Å². The molecule has 0 saturated heterocycles. The minimum Gasteiger partial charge on any atom is -0.497 e. The van der Waals surface area contributed by atoms with E-state index in [0.29, 0.717) is 28.8 Å². The molecule has 1 heterocycles. The highest BCUT2D eigenvalue weighted by atomic mass is 16.5. The fourth-order valence-electron chi connectivity index (χ4n) is 2.81. The molecule has 0 amide bonds. The van der Waals surface area contributed by atoms with E-state index >= 15 is 0 Å². The molecular formula is C18H18N2O4. The van der Waals surface area contributed by atoms with Crippen LogP contribution >= 0.6 is 0 Å². The normalized spacial score (nSPS) is 12.1. The van der Waals surface area contributed by atoms with Crippen LogP contribution in [0.2, 0.25) is 0 Å². The topological polar surface area (TPSA) is 84.4 Å². The van der Waals surface area contributed by atoms with E-state index in [9.17, 15) is 9.90 Å². The fraction of sp³-hybridized carbons (Fsp3) is 0.222. The lowest BCUT2D eigenvalue weighted by Gasteiger charge is -2.15. The molecule has 0 saturated carbocycles. The Balaban J connectivity index is 1.99. The number of aliphatic carboxylic acids is 1. The van der Waals surface area contributed by atoms with E-state index in [4.69, 9.17) is 9.47 Å². The van der Waals surface area contributed by atoms with Crippen molar-refractivity contribution in [3.05, 3.63) is 53.9 Å². The van der Waals surface area contributed by atoms with Crippen LogP contribution in [0.25, 0.3) is 11.0 Å². The second-order valence-electron chi connectivity index (χ2n) is 5.43. The molecule has 2 aromatic carbocycles. The van der Waals surface area contributed by atoms with E-state index in [1.165, 1.54) is 0 Å². The first kappa shape index (κ1) is 15.9. The highest BCUT2D eigenvalue weighted by molar-refractivity contribution is 5.89. The molecule has 1 atom stereocenters. The molecule has 0 fully saturated rings. The second kappa shape index (κ2) is 6.62. The highest BCUT2D eigenvalue weighted by Crippen LogP contribution is 2.32. The maximum atomic E-state index is 11.9. The smallest absolute Gasteiger partial charge is 0.311 e. The standard InChI is InChI=1S/C18H18N2O4/c1-23-12-5-3-11(4-6-12)9-14(18(21)22)13-7-8-15(24-2)17-16(13)19-10-20-17/h3-8,10,14H,9H2,1-2H3,(H,19,20)(H,21,22). The lowest BCUT2D eigenvalue weighted by molar-refractivity contribution is -0.138. The maximum Gasteiger partial charge on any atom is 0.311 e. The number of carbonyl (C=O) groups is 1. The highest BCUT2D eigenvalue weighted by Gasteiger charge is 2.24. The van der Waals surface area contributed by atoms with Gasteiger partial charge in [-0.1, -0.05) is 18.2 Å². The van der Waals surface area contributed by atoms with Crippen LogP contribution < -0.4 is 9.47 Å². The molecule has 1 aromatic heterocycles. The summed E-state index contributed by atoms with van der Waals surface area (Å²) in [6, 6.07) is 10.9. The van der Waals surface area contributed by atoms with Crippen molar-refractivity contribution in [3.8, 4) is 11.5 Å². The van der Waals surface area contributed by atoms with Crippen molar-refractivity contribution in [2.45, 2.75) is 12.3 Å². The third kappa shape index (κ3) is 2.90. The number of hydrogen-bond donors (Lipinski definition) is 2. The summed E-state index contributed by atoms with van der Waals surface area (Å²) in [7, 11) is 3.16. The number of nitrogens with zero attached hydrogens (tertiary/aromatic N) is 1.